The van der Waals surface area contributed by atoms with Gasteiger partial charge >= 0.3 is 0 Å². The van der Waals surface area contributed by atoms with Gasteiger partial charge in [0.15, 0.2) is 0 Å². The molecule has 0 bridgehead atoms. The Morgan fingerprint density at radius 3 is 2.80 bits per heavy atom. The van der Waals surface area contributed by atoms with Crippen molar-refractivity contribution < 1.29 is 9.18 Å². The summed E-state index contributed by atoms with van der Waals surface area (Å²) < 4.78 is 15.0. The first-order valence-corrected chi connectivity index (χ1v) is 9.06. The number of hydrogen-bond acceptors (Lipinski definition) is 2. The summed E-state index contributed by atoms with van der Waals surface area (Å²) in [5.74, 6) is -0.242. The minimum Gasteiger partial charge on any atom is -0.354 e. The highest BCUT2D eigenvalue weighted by atomic mass is 19.1. The molecule has 0 aliphatic carbocycles. The minimum atomic E-state index is -0.262. The van der Waals surface area contributed by atoms with Crippen LogP contribution in [0.15, 0.2) is 42.6 Å². The van der Waals surface area contributed by atoms with Crippen molar-refractivity contribution in [2.45, 2.75) is 38.6 Å². The molecule has 1 aliphatic rings. The van der Waals surface area contributed by atoms with Crippen LogP contribution < -0.4 is 5.32 Å². The van der Waals surface area contributed by atoms with Crippen LogP contribution in [0.1, 0.15) is 31.9 Å². The summed E-state index contributed by atoms with van der Waals surface area (Å²) >= 11 is 0. The summed E-state index contributed by atoms with van der Waals surface area (Å²) in [6.07, 6.45) is 6.03. The van der Waals surface area contributed by atoms with Crippen molar-refractivity contribution in [1.29, 1.82) is 0 Å². The average Bonchev–Trinajstić information content (AvgIpc) is 3.05. The van der Waals surface area contributed by atoms with E-state index in [0.29, 0.717) is 19.0 Å². The lowest BCUT2D eigenvalue weighted by Gasteiger charge is -2.33. The van der Waals surface area contributed by atoms with Crippen molar-refractivity contribution in [2.75, 3.05) is 19.6 Å². The molecular formula is C20H26FN3O. The molecule has 0 spiro atoms. The molecule has 1 aromatic heterocycles. The topological polar surface area (TPSA) is 37.3 Å². The maximum atomic E-state index is 13.1. The zero-order valence-electron chi connectivity index (χ0n) is 14.7. The normalized spacial score (nSPS) is 18.2. The first-order chi connectivity index (χ1) is 12.1. The van der Waals surface area contributed by atoms with Gasteiger partial charge in [-0.2, -0.15) is 0 Å². The third-order valence-corrected chi connectivity index (χ3v) is 4.94. The standard InChI is InChI=1S/C20H26FN3O/c1-16-5-2-3-12-23(16)14-11-22-20(25)15-19-6-4-13-24(19)18-9-7-17(21)8-10-18/h4,6-10,13,16H,2-3,5,11-12,14-15H2,1H3,(H,22,25)/t16-/m1/s1. The van der Waals surface area contributed by atoms with Crippen LogP contribution in [0.4, 0.5) is 4.39 Å². The quantitative estimate of drug-likeness (QED) is 0.875. The highest BCUT2D eigenvalue weighted by Gasteiger charge is 2.17. The number of nitrogens with one attached hydrogen (secondary N) is 1. The van der Waals surface area contributed by atoms with Crippen molar-refractivity contribution in [2.24, 2.45) is 0 Å². The molecule has 2 aromatic rings. The minimum absolute atomic E-state index is 0.0201. The van der Waals surface area contributed by atoms with Crippen LogP contribution in [0.25, 0.3) is 5.69 Å². The van der Waals surface area contributed by atoms with E-state index >= 15 is 0 Å². The van der Waals surface area contributed by atoms with E-state index < -0.39 is 0 Å². The Kier molecular flexibility index (Phi) is 5.87. The van der Waals surface area contributed by atoms with Gasteiger partial charge in [0.05, 0.1) is 6.42 Å². The molecule has 4 nitrogen and oxygen atoms in total. The van der Waals surface area contributed by atoms with E-state index in [-0.39, 0.29) is 11.7 Å². The third kappa shape index (κ3) is 4.69. The van der Waals surface area contributed by atoms with Crippen LogP contribution >= 0.6 is 0 Å². The maximum absolute atomic E-state index is 13.1. The molecule has 134 valence electrons. The third-order valence-electron chi connectivity index (χ3n) is 4.94. The number of nitrogens with zero attached hydrogens (tertiary/aromatic N) is 2. The van der Waals surface area contributed by atoms with Gasteiger partial charge in [-0.1, -0.05) is 6.42 Å². The zero-order chi connectivity index (χ0) is 17.6. The molecule has 0 unspecified atom stereocenters. The van der Waals surface area contributed by atoms with Gasteiger partial charge in [-0.25, -0.2) is 4.39 Å². The summed E-state index contributed by atoms with van der Waals surface area (Å²) in [6.45, 7) is 4.98. The largest absolute Gasteiger partial charge is 0.354 e. The molecule has 1 N–H and O–H groups in total. The summed E-state index contributed by atoms with van der Waals surface area (Å²) in [7, 11) is 0. The summed E-state index contributed by atoms with van der Waals surface area (Å²) in [6, 6.07) is 10.7. The molecule has 25 heavy (non-hydrogen) atoms. The SMILES string of the molecule is C[C@@H]1CCCCN1CCNC(=O)Cc1cccn1-c1ccc(F)cc1. The van der Waals surface area contributed by atoms with E-state index in [0.717, 1.165) is 24.5 Å². The fraction of sp³-hybridized carbons (Fsp3) is 0.450. The summed E-state index contributed by atoms with van der Waals surface area (Å²) in [4.78, 5) is 14.7. The van der Waals surface area contributed by atoms with E-state index in [1.807, 2.05) is 22.9 Å². The summed E-state index contributed by atoms with van der Waals surface area (Å²) in [5.41, 5.74) is 1.76. The zero-order valence-corrected chi connectivity index (χ0v) is 14.7. The predicted molar refractivity (Wildman–Crippen MR) is 97.3 cm³/mol. The van der Waals surface area contributed by atoms with Crippen molar-refractivity contribution in [3.63, 3.8) is 0 Å². The van der Waals surface area contributed by atoms with Crippen LogP contribution in [0.3, 0.4) is 0 Å². The number of carbonyl (C=O) groups is 1. The second-order valence-electron chi connectivity index (χ2n) is 6.75. The average molecular weight is 343 g/mol. The van der Waals surface area contributed by atoms with Gasteiger partial charge in [0.2, 0.25) is 5.91 Å². The van der Waals surface area contributed by atoms with Gasteiger partial charge < -0.3 is 9.88 Å². The number of halogens is 1. The molecule has 1 aromatic carbocycles. The van der Waals surface area contributed by atoms with Crippen LogP contribution in [0.5, 0.6) is 0 Å². The Balaban J connectivity index is 1.52. The van der Waals surface area contributed by atoms with Crippen LogP contribution in [-0.2, 0) is 11.2 Å². The van der Waals surface area contributed by atoms with Crippen molar-refractivity contribution in [1.82, 2.24) is 14.8 Å². The van der Waals surface area contributed by atoms with Gasteiger partial charge in [-0.15, -0.1) is 0 Å². The maximum Gasteiger partial charge on any atom is 0.225 e. The van der Waals surface area contributed by atoms with Crippen LogP contribution in [-0.4, -0.2) is 41.1 Å². The number of carbonyl (C=O) groups excluding carboxylic acids is 1. The lowest BCUT2D eigenvalue weighted by atomic mass is 10.0. The second kappa shape index (κ2) is 8.30. The van der Waals surface area contributed by atoms with Gasteiger partial charge in [0.25, 0.3) is 0 Å². The van der Waals surface area contributed by atoms with Gasteiger partial charge in [-0.05, 0) is 62.7 Å². The number of hydrogen-bond donors (Lipinski definition) is 1. The molecular weight excluding hydrogens is 317 g/mol. The molecule has 0 radical (unpaired) electrons. The number of amides is 1. The number of rotatable bonds is 6. The van der Waals surface area contributed by atoms with E-state index in [1.54, 1.807) is 12.1 Å². The smallest absolute Gasteiger partial charge is 0.225 e. The van der Waals surface area contributed by atoms with E-state index in [9.17, 15) is 9.18 Å². The molecule has 0 saturated carbocycles. The Hall–Kier alpha value is -2.14. The first-order valence-electron chi connectivity index (χ1n) is 9.06. The molecule has 1 atom stereocenters. The highest BCUT2D eigenvalue weighted by Crippen LogP contribution is 2.16. The van der Waals surface area contributed by atoms with E-state index in [1.165, 1.54) is 31.4 Å². The number of benzene rings is 1. The Morgan fingerprint density at radius 1 is 1.24 bits per heavy atom. The van der Waals surface area contributed by atoms with E-state index in [2.05, 4.69) is 17.1 Å². The fourth-order valence-corrected chi connectivity index (χ4v) is 3.47. The monoisotopic (exact) mass is 343 g/mol. The fourth-order valence-electron chi connectivity index (χ4n) is 3.47. The Bertz CT molecular complexity index is 695. The number of likely N-dealkylation sites (tertiary alicyclic amines) is 1. The summed E-state index contributed by atoms with van der Waals surface area (Å²) in [5, 5.41) is 3.02. The Morgan fingerprint density at radius 2 is 2.04 bits per heavy atom. The molecule has 1 amide bonds. The molecule has 1 saturated heterocycles. The number of aromatic nitrogens is 1. The highest BCUT2D eigenvalue weighted by molar-refractivity contribution is 5.78. The van der Waals surface area contributed by atoms with Crippen LogP contribution in [0.2, 0.25) is 0 Å². The molecule has 1 fully saturated rings. The van der Waals surface area contributed by atoms with Crippen molar-refractivity contribution in [3.8, 4) is 5.69 Å². The molecule has 1 aliphatic heterocycles. The first kappa shape index (κ1) is 17.7. The lowest BCUT2D eigenvalue weighted by molar-refractivity contribution is -0.120. The lowest BCUT2D eigenvalue weighted by Crippen LogP contribution is -2.42. The molecule has 5 heteroatoms. The van der Waals surface area contributed by atoms with Crippen molar-refractivity contribution >= 4 is 5.91 Å². The van der Waals surface area contributed by atoms with Gasteiger partial charge in [0.1, 0.15) is 5.82 Å². The Labute approximate surface area is 148 Å². The van der Waals surface area contributed by atoms with E-state index in [4.69, 9.17) is 0 Å². The molecule has 3 rings (SSSR count). The van der Waals surface area contributed by atoms with Crippen LogP contribution in [0, 0.1) is 5.82 Å². The van der Waals surface area contributed by atoms with Crippen molar-refractivity contribution in [3.05, 3.63) is 54.1 Å². The number of piperidine rings is 1. The predicted octanol–water partition coefficient (Wildman–Crippen LogP) is 3.15. The molecule has 2 heterocycles. The van der Waals surface area contributed by atoms with Gasteiger partial charge in [0, 0.05) is 36.7 Å². The second-order valence-corrected chi connectivity index (χ2v) is 6.75. The van der Waals surface area contributed by atoms with Gasteiger partial charge in [-0.3, -0.25) is 9.69 Å².